The van der Waals surface area contributed by atoms with E-state index in [1.54, 1.807) is 12.1 Å². The molecule has 0 bridgehead atoms. The lowest BCUT2D eigenvalue weighted by molar-refractivity contribution is -0.134. The summed E-state index contributed by atoms with van der Waals surface area (Å²) in [6.45, 7) is 9.14. The maximum Gasteiger partial charge on any atom is 0.224 e. The zero-order chi connectivity index (χ0) is 19.4. The Bertz CT molecular complexity index is 775. The smallest absolute Gasteiger partial charge is 0.224 e. The van der Waals surface area contributed by atoms with E-state index in [1.807, 2.05) is 30.0 Å². The second-order valence-electron chi connectivity index (χ2n) is 7.71. The normalized spacial score (nSPS) is 18.8. The number of amides is 1. The topological polar surface area (TPSA) is 36.4 Å². The molecule has 0 aliphatic carbocycles. The number of hydrogen-bond acceptors (Lipinski definition) is 3. The highest BCUT2D eigenvalue weighted by molar-refractivity contribution is 5.77. The van der Waals surface area contributed by atoms with Gasteiger partial charge in [0.25, 0.3) is 0 Å². The Labute approximate surface area is 161 Å². The molecule has 4 nitrogen and oxygen atoms in total. The molecule has 1 aromatic heterocycles. The van der Waals surface area contributed by atoms with E-state index in [4.69, 9.17) is 0 Å². The number of carbonyl (C=O) groups excluding carboxylic acids is 1. The largest absolute Gasteiger partial charge is 0.334 e. The number of carbonyl (C=O) groups is 1. The molecule has 1 amide bonds. The first kappa shape index (κ1) is 19.5. The lowest BCUT2D eigenvalue weighted by atomic mass is 10.0. The highest BCUT2D eigenvalue weighted by atomic mass is 19.1. The number of nitrogens with zero attached hydrogens (tertiary/aromatic N) is 3. The molecule has 0 saturated carbocycles. The van der Waals surface area contributed by atoms with Crippen molar-refractivity contribution in [2.24, 2.45) is 5.92 Å². The number of halogens is 1. The van der Waals surface area contributed by atoms with Gasteiger partial charge < -0.3 is 4.90 Å². The second kappa shape index (κ2) is 8.61. The van der Waals surface area contributed by atoms with E-state index in [0.717, 1.165) is 36.6 Å². The van der Waals surface area contributed by atoms with Crippen LogP contribution in [-0.4, -0.2) is 39.8 Å². The summed E-state index contributed by atoms with van der Waals surface area (Å²) in [4.78, 5) is 21.8. The van der Waals surface area contributed by atoms with E-state index in [1.165, 1.54) is 12.1 Å². The molecular formula is C22H28FN3O. The van der Waals surface area contributed by atoms with Crippen molar-refractivity contribution in [1.82, 2.24) is 14.8 Å². The van der Waals surface area contributed by atoms with Crippen LogP contribution in [0.2, 0.25) is 0 Å². The molecular weight excluding hydrogens is 341 g/mol. The van der Waals surface area contributed by atoms with Gasteiger partial charge in [0, 0.05) is 44.3 Å². The van der Waals surface area contributed by atoms with Crippen LogP contribution in [0.4, 0.5) is 4.39 Å². The van der Waals surface area contributed by atoms with Crippen LogP contribution < -0.4 is 0 Å². The van der Waals surface area contributed by atoms with Crippen LogP contribution >= 0.6 is 0 Å². The van der Waals surface area contributed by atoms with Crippen molar-refractivity contribution in [3.63, 3.8) is 0 Å². The van der Waals surface area contributed by atoms with E-state index >= 15 is 0 Å². The molecule has 1 atom stereocenters. The summed E-state index contributed by atoms with van der Waals surface area (Å²) in [5.41, 5.74) is 3.01. The van der Waals surface area contributed by atoms with E-state index in [9.17, 15) is 9.18 Å². The van der Waals surface area contributed by atoms with E-state index in [0.29, 0.717) is 18.9 Å². The monoisotopic (exact) mass is 369 g/mol. The third-order valence-electron chi connectivity index (χ3n) is 5.18. The van der Waals surface area contributed by atoms with Crippen molar-refractivity contribution in [2.75, 3.05) is 13.1 Å². The van der Waals surface area contributed by atoms with Gasteiger partial charge in [0.05, 0.1) is 5.69 Å². The molecule has 2 aromatic rings. The molecule has 2 heterocycles. The molecule has 1 aliphatic rings. The quantitative estimate of drug-likeness (QED) is 0.805. The molecule has 0 unspecified atom stereocenters. The maximum absolute atomic E-state index is 13.2. The fourth-order valence-corrected chi connectivity index (χ4v) is 3.66. The Morgan fingerprint density at radius 3 is 2.56 bits per heavy atom. The molecule has 3 rings (SSSR count). The Morgan fingerprint density at radius 1 is 1.15 bits per heavy atom. The number of hydrogen-bond donors (Lipinski definition) is 0. The number of rotatable bonds is 5. The van der Waals surface area contributed by atoms with E-state index < -0.39 is 0 Å². The first-order valence-corrected chi connectivity index (χ1v) is 9.61. The fourth-order valence-electron chi connectivity index (χ4n) is 3.66. The third-order valence-corrected chi connectivity index (χ3v) is 5.18. The minimum Gasteiger partial charge on any atom is -0.334 e. The summed E-state index contributed by atoms with van der Waals surface area (Å²) >= 11 is 0. The van der Waals surface area contributed by atoms with Crippen molar-refractivity contribution >= 4 is 5.91 Å². The first-order valence-electron chi connectivity index (χ1n) is 9.61. The molecule has 27 heavy (non-hydrogen) atoms. The van der Waals surface area contributed by atoms with Gasteiger partial charge in [-0.2, -0.15) is 0 Å². The summed E-state index contributed by atoms with van der Waals surface area (Å²) < 4.78 is 13.2. The lowest BCUT2D eigenvalue weighted by Crippen LogP contribution is -2.45. The van der Waals surface area contributed by atoms with Crippen molar-refractivity contribution in [3.8, 4) is 0 Å². The molecule has 0 N–H and O–H groups in total. The minimum absolute atomic E-state index is 0.120. The number of aromatic nitrogens is 1. The van der Waals surface area contributed by atoms with Crippen LogP contribution in [-0.2, 0) is 17.9 Å². The van der Waals surface area contributed by atoms with Gasteiger partial charge in [0.2, 0.25) is 5.91 Å². The molecule has 1 aliphatic heterocycles. The average Bonchev–Trinajstić information content (AvgIpc) is 2.77. The van der Waals surface area contributed by atoms with Crippen LogP contribution in [0.3, 0.4) is 0 Å². The van der Waals surface area contributed by atoms with E-state index in [-0.39, 0.29) is 17.8 Å². The maximum atomic E-state index is 13.2. The predicted molar refractivity (Wildman–Crippen MR) is 104 cm³/mol. The van der Waals surface area contributed by atoms with Crippen LogP contribution in [0, 0.1) is 18.7 Å². The average molecular weight is 369 g/mol. The highest BCUT2D eigenvalue weighted by Gasteiger charge is 2.31. The zero-order valence-corrected chi connectivity index (χ0v) is 16.4. The number of benzene rings is 1. The predicted octanol–water partition coefficient (Wildman–Crippen LogP) is 3.79. The van der Waals surface area contributed by atoms with Crippen molar-refractivity contribution in [1.29, 1.82) is 0 Å². The van der Waals surface area contributed by atoms with Gasteiger partial charge in [0.15, 0.2) is 0 Å². The van der Waals surface area contributed by atoms with Gasteiger partial charge in [-0.05, 0) is 42.7 Å². The minimum atomic E-state index is -0.252. The van der Waals surface area contributed by atoms with Crippen LogP contribution in [0.5, 0.6) is 0 Å². The van der Waals surface area contributed by atoms with Crippen LogP contribution in [0.25, 0.3) is 0 Å². The summed E-state index contributed by atoms with van der Waals surface area (Å²) in [5.74, 6) is 0.247. The molecule has 0 spiro atoms. The van der Waals surface area contributed by atoms with Crippen molar-refractivity contribution < 1.29 is 9.18 Å². The Balaban J connectivity index is 1.76. The summed E-state index contributed by atoms with van der Waals surface area (Å²) in [6, 6.07) is 12.6. The molecule has 1 aromatic carbocycles. The van der Waals surface area contributed by atoms with Crippen LogP contribution in [0.15, 0.2) is 42.5 Å². The summed E-state index contributed by atoms with van der Waals surface area (Å²) in [5, 5.41) is 0. The van der Waals surface area contributed by atoms with E-state index in [2.05, 4.69) is 23.7 Å². The molecule has 5 heteroatoms. The Hall–Kier alpha value is -2.27. The molecule has 0 radical (unpaired) electrons. The fraction of sp³-hybridized carbons (Fsp3) is 0.455. The third kappa shape index (κ3) is 5.13. The number of pyridine rings is 1. The first-order chi connectivity index (χ1) is 12.9. The molecule has 1 saturated heterocycles. The molecule has 1 fully saturated rings. The second-order valence-corrected chi connectivity index (χ2v) is 7.71. The van der Waals surface area contributed by atoms with Crippen LogP contribution in [0.1, 0.15) is 37.2 Å². The van der Waals surface area contributed by atoms with Crippen molar-refractivity contribution in [2.45, 2.75) is 46.3 Å². The van der Waals surface area contributed by atoms with Gasteiger partial charge >= 0.3 is 0 Å². The zero-order valence-electron chi connectivity index (χ0n) is 16.4. The van der Waals surface area contributed by atoms with Gasteiger partial charge in [-0.3, -0.25) is 14.7 Å². The Kier molecular flexibility index (Phi) is 6.22. The summed E-state index contributed by atoms with van der Waals surface area (Å²) in [7, 11) is 0. The van der Waals surface area contributed by atoms with Gasteiger partial charge in [-0.25, -0.2) is 4.39 Å². The Morgan fingerprint density at radius 2 is 1.89 bits per heavy atom. The highest BCUT2D eigenvalue weighted by Crippen LogP contribution is 2.22. The summed E-state index contributed by atoms with van der Waals surface area (Å²) in [6.07, 6.45) is 0.496. The van der Waals surface area contributed by atoms with Crippen molar-refractivity contribution in [3.05, 3.63) is 65.2 Å². The van der Waals surface area contributed by atoms with Gasteiger partial charge in [-0.15, -0.1) is 0 Å². The molecule has 144 valence electrons. The van der Waals surface area contributed by atoms with Gasteiger partial charge in [-0.1, -0.05) is 32.0 Å². The number of aryl methyl sites for hydroxylation is 1. The SMILES string of the molecule is Cc1cccc(CN2CCC(=O)N(Cc3ccc(F)cc3)[C@@H](C(C)C)C2)n1. The van der Waals surface area contributed by atoms with Gasteiger partial charge in [0.1, 0.15) is 5.82 Å². The lowest BCUT2D eigenvalue weighted by Gasteiger charge is -2.34. The standard InChI is InChI=1S/C22H28FN3O/c1-16(2)21-15-25(14-20-6-4-5-17(3)24-20)12-11-22(27)26(21)13-18-7-9-19(23)10-8-18/h4-10,16,21H,11-15H2,1-3H3/t21-/m1/s1.